The van der Waals surface area contributed by atoms with Crippen LogP contribution in [0.2, 0.25) is 0 Å². The van der Waals surface area contributed by atoms with Crippen molar-refractivity contribution in [2.24, 2.45) is 5.92 Å². The lowest BCUT2D eigenvalue weighted by Gasteiger charge is -2.21. The molecule has 0 bridgehead atoms. The van der Waals surface area contributed by atoms with E-state index in [0.717, 1.165) is 17.9 Å². The van der Waals surface area contributed by atoms with Gasteiger partial charge in [-0.3, -0.25) is 4.79 Å². The van der Waals surface area contributed by atoms with Crippen molar-refractivity contribution in [3.8, 4) is 0 Å². The standard InChI is InChI=1S/C11H18O/c1-9(10(2)12)8-11-6-4-3-5-7-11/h11H,1,3-8H2,2H3. The minimum Gasteiger partial charge on any atom is -0.295 e. The van der Waals surface area contributed by atoms with Crippen LogP contribution in [0, 0.1) is 5.92 Å². The first-order valence-electron chi connectivity index (χ1n) is 4.89. The van der Waals surface area contributed by atoms with E-state index in [1.54, 1.807) is 6.92 Å². The summed E-state index contributed by atoms with van der Waals surface area (Å²) in [6.07, 6.45) is 7.60. The van der Waals surface area contributed by atoms with Crippen LogP contribution >= 0.6 is 0 Å². The van der Waals surface area contributed by atoms with E-state index in [1.807, 2.05) is 0 Å². The maximum Gasteiger partial charge on any atom is 0.155 e. The van der Waals surface area contributed by atoms with Crippen LogP contribution < -0.4 is 0 Å². The maximum absolute atomic E-state index is 10.9. The zero-order valence-electron chi connectivity index (χ0n) is 7.94. The Morgan fingerprint density at radius 3 is 2.42 bits per heavy atom. The van der Waals surface area contributed by atoms with Gasteiger partial charge in [0.1, 0.15) is 0 Å². The molecule has 1 fully saturated rings. The van der Waals surface area contributed by atoms with Gasteiger partial charge in [0.2, 0.25) is 0 Å². The zero-order chi connectivity index (χ0) is 8.97. The third-order valence-electron chi connectivity index (χ3n) is 2.76. The van der Waals surface area contributed by atoms with Crippen molar-refractivity contribution in [2.75, 3.05) is 0 Å². The molecule has 0 saturated heterocycles. The van der Waals surface area contributed by atoms with Gasteiger partial charge in [-0.25, -0.2) is 0 Å². The molecule has 1 aliphatic carbocycles. The van der Waals surface area contributed by atoms with E-state index in [0.29, 0.717) is 0 Å². The molecule has 1 rings (SSSR count). The van der Waals surface area contributed by atoms with E-state index in [1.165, 1.54) is 32.1 Å². The van der Waals surface area contributed by atoms with E-state index in [9.17, 15) is 4.79 Å². The van der Waals surface area contributed by atoms with Crippen LogP contribution in [0.25, 0.3) is 0 Å². The molecule has 0 spiro atoms. The van der Waals surface area contributed by atoms with E-state index in [4.69, 9.17) is 0 Å². The number of carbonyl (C=O) groups excluding carboxylic acids is 1. The third kappa shape index (κ3) is 2.80. The smallest absolute Gasteiger partial charge is 0.155 e. The molecule has 0 N–H and O–H groups in total. The number of ketones is 1. The molecule has 0 aromatic heterocycles. The Bertz CT molecular complexity index is 175. The van der Waals surface area contributed by atoms with Crippen molar-refractivity contribution < 1.29 is 4.79 Å². The van der Waals surface area contributed by atoms with E-state index >= 15 is 0 Å². The molecule has 0 aromatic carbocycles. The number of hydrogen-bond acceptors (Lipinski definition) is 1. The lowest BCUT2D eigenvalue weighted by molar-refractivity contribution is -0.113. The van der Waals surface area contributed by atoms with Crippen LogP contribution in [0.4, 0.5) is 0 Å². The van der Waals surface area contributed by atoms with E-state index in [2.05, 4.69) is 6.58 Å². The van der Waals surface area contributed by atoms with Crippen LogP contribution in [0.1, 0.15) is 45.4 Å². The van der Waals surface area contributed by atoms with Crippen molar-refractivity contribution in [2.45, 2.75) is 45.4 Å². The van der Waals surface area contributed by atoms with Crippen molar-refractivity contribution in [3.05, 3.63) is 12.2 Å². The van der Waals surface area contributed by atoms with Gasteiger partial charge >= 0.3 is 0 Å². The predicted molar refractivity (Wildman–Crippen MR) is 51.0 cm³/mol. The Labute approximate surface area is 74.9 Å². The fourth-order valence-electron chi connectivity index (χ4n) is 1.88. The molecule has 68 valence electrons. The Kier molecular flexibility index (Phi) is 3.51. The number of rotatable bonds is 3. The second kappa shape index (κ2) is 4.44. The molecular weight excluding hydrogens is 148 g/mol. The SMILES string of the molecule is C=C(CC1CCCCC1)C(C)=O. The third-order valence-corrected chi connectivity index (χ3v) is 2.76. The first kappa shape index (κ1) is 9.50. The average Bonchev–Trinajstić information content (AvgIpc) is 2.06. The second-order valence-corrected chi connectivity index (χ2v) is 3.87. The number of allylic oxidation sites excluding steroid dienone is 1. The molecule has 0 heterocycles. The van der Waals surface area contributed by atoms with Gasteiger partial charge in [-0.15, -0.1) is 0 Å². The van der Waals surface area contributed by atoms with Gasteiger partial charge in [0.05, 0.1) is 0 Å². The summed E-state index contributed by atoms with van der Waals surface area (Å²) in [6, 6.07) is 0. The summed E-state index contributed by atoms with van der Waals surface area (Å²) in [5.74, 6) is 0.913. The molecular formula is C11H18O. The molecule has 0 atom stereocenters. The molecule has 0 unspecified atom stereocenters. The first-order valence-corrected chi connectivity index (χ1v) is 4.89. The summed E-state index contributed by atoms with van der Waals surface area (Å²) in [7, 11) is 0. The van der Waals surface area contributed by atoms with E-state index in [-0.39, 0.29) is 5.78 Å². The van der Waals surface area contributed by atoms with Gasteiger partial charge in [-0.05, 0) is 24.8 Å². The number of carbonyl (C=O) groups is 1. The summed E-state index contributed by atoms with van der Waals surface area (Å²) in [5, 5.41) is 0. The van der Waals surface area contributed by atoms with Crippen molar-refractivity contribution in [1.29, 1.82) is 0 Å². The molecule has 0 aliphatic heterocycles. The minimum absolute atomic E-state index is 0.167. The van der Waals surface area contributed by atoms with E-state index < -0.39 is 0 Å². The normalized spacial score (nSPS) is 19.1. The Morgan fingerprint density at radius 1 is 1.33 bits per heavy atom. The minimum atomic E-state index is 0.167. The summed E-state index contributed by atoms with van der Waals surface area (Å²) < 4.78 is 0. The largest absolute Gasteiger partial charge is 0.295 e. The summed E-state index contributed by atoms with van der Waals surface area (Å²) >= 11 is 0. The molecule has 1 saturated carbocycles. The van der Waals surface area contributed by atoms with Gasteiger partial charge in [-0.2, -0.15) is 0 Å². The lowest BCUT2D eigenvalue weighted by atomic mass is 9.84. The Hall–Kier alpha value is -0.590. The van der Waals surface area contributed by atoms with Gasteiger partial charge < -0.3 is 0 Å². The van der Waals surface area contributed by atoms with Crippen LogP contribution in [-0.4, -0.2) is 5.78 Å². The molecule has 12 heavy (non-hydrogen) atoms. The number of Topliss-reactive ketones (excluding diaryl/α,β-unsaturated/α-hetero) is 1. The first-order chi connectivity index (χ1) is 5.70. The van der Waals surface area contributed by atoms with Crippen molar-refractivity contribution in [3.63, 3.8) is 0 Å². The van der Waals surface area contributed by atoms with Gasteiger partial charge in [0, 0.05) is 0 Å². The lowest BCUT2D eigenvalue weighted by Crippen LogP contribution is -2.09. The highest BCUT2D eigenvalue weighted by molar-refractivity contribution is 5.92. The zero-order valence-corrected chi connectivity index (χ0v) is 7.94. The van der Waals surface area contributed by atoms with Crippen molar-refractivity contribution in [1.82, 2.24) is 0 Å². The number of hydrogen-bond donors (Lipinski definition) is 0. The van der Waals surface area contributed by atoms with Gasteiger partial charge in [0.15, 0.2) is 5.78 Å². The van der Waals surface area contributed by atoms with Crippen LogP contribution in [0.3, 0.4) is 0 Å². The van der Waals surface area contributed by atoms with Gasteiger partial charge in [-0.1, -0.05) is 38.7 Å². The Morgan fingerprint density at radius 2 is 1.92 bits per heavy atom. The van der Waals surface area contributed by atoms with Crippen molar-refractivity contribution >= 4 is 5.78 Å². The quantitative estimate of drug-likeness (QED) is 0.589. The fourth-order valence-corrected chi connectivity index (χ4v) is 1.88. The topological polar surface area (TPSA) is 17.1 Å². The van der Waals surface area contributed by atoms with Crippen LogP contribution in [0.5, 0.6) is 0 Å². The molecule has 1 nitrogen and oxygen atoms in total. The molecule has 0 aromatic rings. The Balaban J connectivity index is 2.29. The molecule has 1 aliphatic rings. The van der Waals surface area contributed by atoms with Crippen LogP contribution in [0.15, 0.2) is 12.2 Å². The average molecular weight is 166 g/mol. The fraction of sp³-hybridized carbons (Fsp3) is 0.727. The molecule has 1 heteroatoms. The second-order valence-electron chi connectivity index (χ2n) is 3.87. The van der Waals surface area contributed by atoms with Crippen LogP contribution in [-0.2, 0) is 4.79 Å². The predicted octanol–water partition coefficient (Wildman–Crippen LogP) is 3.10. The monoisotopic (exact) mass is 166 g/mol. The highest BCUT2D eigenvalue weighted by Crippen LogP contribution is 2.28. The van der Waals surface area contributed by atoms with Gasteiger partial charge in [0.25, 0.3) is 0 Å². The summed E-state index contributed by atoms with van der Waals surface area (Å²) in [6.45, 7) is 5.41. The summed E-state index contributed by atoms with van der Waals surface area (Å²) in [4.78, 5) is 10.9. The highest BCUT2D eigenvalue weighted by Gasteiger charge is 2.15. The highest BCUT2D eigenvalue weighted by atomic mass is 16.1. The molecule has 0 amide bonds. The molecule has 0 radical (unpaired) electrons. The summed E-state index contributed by atoms with van der Waals surface area (Å²) in [5.41, 5.74) is 0.821. The maximum atomic E-state index is 10.9.